The third-order valence-corrected chi connectivity index (χ3v) is 2.37. The summed E-state index contributed by atoms with van der Waals surface area (Å²) in [6.07, 6.45) is 0. The van der Waals surface area contributed by atoms with Crippen LogP contribution in [0.25, 0.3) is 0 Å². The minimum absolute atomic E-state index is 0.0977. The van der Waals surface area contributed by atoms with Crippen molar-refractivity contribution in [2.75, 3.05) is 11.9 Å². The highest BCUT2D eigenvalue weighted by Crippen LogP contribution is 2.17. The van der Waals surface area contributed by atoms with E-state index in [0.717, 1.165) is 11.4 Å². The molecule has 1 aromatic rings. The summed E-state index contributed by atoms with van der Waals surface area (Å²) in [6, 6.07) is 7.41. The first-order chi connectivity index (χ1) is 8.52. The maximum atomic E-state index is 11.4. The topological polar surface area (TPSA) is 50.4 Å². The van der Waals surface area contributed by atoms with Gasteiger partial charge in [-0.25, -0.2) is 0 Å². The molecule has 1 amide bonds. The summed E-state index contributed by atoms with van der Waals surface area (Å²) >= 11 is 5.06. The van der Waals surface area contributed by atoms with Gasteiger partial charge < -0.3 is 15.4 Å². The normalized spacial score (nSPS) is 10.0. The molecule has 98 valence electrons. The van der Waals surface area contributed by atoms with Crippen molar-refractivity contribution in [1.82, 2.24) is 5.32 Å². The molecule has 0 aliphatic carbocycles. The Hall–Kier alpha value is -1.62. The number of carbonyl (C=O) groups is 1. The van der Waals surface area contributed by atoms with Crippen LogP contribution in [-0.4, -0.2) is 17.6 Å². The first-order valence-corrected chi connectivity index (χ1v) is 6.28. The summed E-state index contributed by atoms with van der Waals surface area (Å²) in [5.74, 6) is 0.563. The lowest BCUT2D eigenvalue weighted by Crippen LogP contribution is -2.36. The van der Waals surface area contributed by atoms with Gasteiger partial charge in [0.1, 0.15) is 5.75 Å². The number of rotatable bonds is 4. The molecule has 0 unspecified atom stereocenters. The Balaban J connectivity index is 2.59. The molecule has 0 aliphatic rings. The van der Waals surface area contributed by atoms with Gasteiger partial charge in [-0.05, 0) is 31.3 Å². The van der Waals surface area contributed by atoms with Crippen LogP contribution in [0.3, 0.4) is 0 Å². The monoisotopic (exact) mass is 266 g/mol. The Bertz CT molecular complexity index is 433. The number of thiocarbonyl (C=S) groups is 1. The van der Waals surface area contributed by atoms with E-state index < -0.39 is 0 Å². The molecule has 0 aliphatic heterocycles. The number of nitrogens with one attached hydrogen (secondary N) is 2. The standard InChI is InChI=1S/C13H18N2O2S/c1-4-17-11-7-5-6-10(8-11)14-13(18)15-12(16)9(2)3/h5-9H,4H2,1-3H3,(H2,14,15,16,18). The Morgan fingerprint density at radius 1 is 1.44 bits per heavy atom. The van der Waals surface area contributed by atoms with Gasteiger partial charge in [-0.1, -0.05) is 19.9 Å². The van der Waals surface area contributed by atoms with E-state index in [4.69, 9.17) is 17.0 Å². The Labute approximate surface area is 113 Å². The number of hydrogen-bond acceptors (Lipinski definition) is 3. The molecular weight excluding hydrogens is 248 g/mol. The number of benzene rings is 1. The average Bonchev–Trinajstić information content (AvgIpc) is 2.29. The Kier molecular flexibility index (Phi) is 5.58. The van der Waals surface area contributed by atoms with Gasteiger partial charge in [0.25, 0.3) is 0 Å². The third kappa shape index (κ3) is 4.71. The number of anilines is 1. The first-order valence-electron chi connectivity index (χ1n) is 5.87. The van der Waals surface area contributed by atoms with Crippen molar-refractivity contribution in [3.63, 3.8) is 0 Å². The lowest BCUT2D eigenvalue weighted by Gasteiger charge is -2.12. The molecule has 18 heavy (non-hydrogen) atoms. The second-order valence-corrected chi connectivity index (χ2v) is 4.47. The minimum Gasteiger partial charge on any atom is -0.494 e. The lowest BCUT2D eigenvalue weighted by atomic mass is 10.2. The van der Waals surface area contributed by atoms with Crippen LogP contribution in [0.15, 0.2) is 24.3 Å². The van der Waals surface area contributed by atoms with E-state index in [1.807, 2.05) is 45.0 Å². The smallest absolute Gasteiger partial charge is 0.228 e. The molecule has 0 bridgehead atoms. The summed E-state index contributed by atoms with van der Waals surface area (Å²) in [6.45, 7) is 6.16. The van der Waals surface area contributed by atoms with Crippen molar-refractivity contribution in [1.29, 1.82) is 0 Å². The quantitative estimate of drug-likeness (QED) is 0.822. The van der Waals surface area contributed by atoms with Crippen LogP contribution in [0, 0.1) is 5.92 Å². The first kappa shape index (κ1) is 14.4. The largest absolute Gasteiger partial charge is 0.494 e. The summed E-state index contributed by atoms with van der Waals surface area (Å²) in [5, 5.41) is 5.86. The lowest BCUT2D eigenvalue weighted by molar-refractivity contribution is -0.122. The van der Waals surface area contributed by atoms with Crippen molar-refractivity contribution >= 4 is 28.9 Å². The van der Waals surface area contributed by atoms with E-state index in [1.54, 1.807) is 0 Å². The Morgan fingerprint density at radius 3 is 2.78 bits per heavy atom. The van der Waals surface area contributed by atoms with Crippen molar-refractivity contribution in [2.45, 2.75) is 20.8 Å². The molecule has 4 nitrogen and oxygen atoms in total. The SMILES string of the molecule is CCOc1cccc(NC(=S)NC(=O)C(C)C)c1. The van der Waals surface area contributed by atoms with E-state index in [2.05, 4.69) is 10.6 Å². The zero-order valence-electron chi connectivity index (χ0n) is 10.8. The number of ether oxygens (including phenoxy) is 1. The van der Waals surface area contributed by atoms with E-state index in [-0.39, 0.29) is 11.8 Å². The van der Waals surface area contributed by atoms with Gasteiger partial charge in [0, 0.05) is 17.7 Å². The molecule has 0 fully saturated rings. The molecule has 0 heterocycles. The third-order valence-electron chi connectivity index (χ3n) is 2.16. The zero-order chi connectivity index (χ0) is 13.5. The van der Waals surface area contributed by atoms with Crippen LogP contribution in [-0.2, 0) is 4.79 Å². The van der Waals surface area contributed by atoms with Crippen molar-refractivity contribution in [3.05, 3.63) is 24.3 Å². The predicted octanol–water partition coefficient (Wildman–Crippen LogP) is 2.55. The van der Waals surface area contributed by atoms with E-state index in [1.165, 1.54) is 0 Å². The zero-order valence-corrected chi connectivity index (χ0v) is 11.6. The fraction of sp³-hybridized carbons (Fsp3) is 0.385. The molecule has 0 spiro atoms. The molecule has 2 N–H and O–H groups in total. The van der Waals surface area contributed by atoms with Gasteiger partial charge in [0.05, 0.1) is 6.61 Å². The number of amides is 1. The molecular formula is C13H18N2O2S. The molecule has 0 radical (unpaired) electrons. The maximum Gasteiger partial charge on any atom is 0.228 e. The van der Waals surface area contributed by atoms with Crippen molar-refractivity contribution < 1.29 is 9.53 Å². The van der Waals surface area contributed by atoms with Crippen molar-refractivity contribution in [3.8, 4) is 5.75 Å². The van der Waals surface area contributed by atoms with Crippen LogP contribution in [0.4, 0.5) is 5.69 Å². The summed E-state index contributed by atoms with van der Waals surface area (Å²) in [5.41, 5.74) is 0.787. The van der Waals surface area contributed by atoms with Crippen LogP contribution in [0.2, 0.25) is 0 Å². The van der Waals surface area contributed by atoms with Gasteiger partial charge in [-0.15, -0.1) is 0 Å². The van der Waals surface area contributed by atoms with E-state index in [9.17, 15) is 4.79 Å². The maximum absolute atomic E-state index is 11.4. The molecule has 5 heteroatoms. The highest BCUT2D eigenvalue weighted by Gasteiger charge is 2.08. The molecule has 0 saturated heterocycles. The van der Waals surface area contributed by atoms with Gasteiger partial charge in [0.15, 0.2) is 5.11 Å². The van der Waals surface area contributed by atoms with Gasteiger partial charge in [-0.2, -0.15) is 0 Å². The van der Waals surface area contributed by atoms with Gasteiger partial charge in [0.2, 0.25) is 5.91 Å². The molecule has 0 atom stereocenters. The minimum atomic E-state index is -0.103. The van der Waals surface area contributed by atoms with Crippen LogP contribution in [0.5, 0.6) is 5.75 Å². The molecule has 0 aromatic heterocycles. The van der Waals surface area contributed by atoms with Gasteiger partial charge in [-0.3, -0.25) is 4.79 Å². The fourth-order valence-electron chi connectivity index (χ4n) is 1.25. The fourth-order valence-corrected chi connectivity index (χ4v) is 1.47. The highest BCUT2D eigenvalue weighted by molar-refractivity contribution is 7.80. The van der Waals surface area contributed by atoms with Crippen LogP contribution < -0.4 is 15.4 Å². The van der Waals surface area contributed by atoms with Crippen LogP contribution in [0.1, 0.15) is 20.8 Å². The summed E-state index contributed by atoms with van der Waals surface area (Å²) in [4.78, 5) is 11.4. The molecule has 0 saturated carbocycles. The Morgan fingerprint density at radius 2 is 2.17 bits per heavy atom. The average molecular weight is 266 g/mol. The number of hydrogen-bond donors (Lipinski definition) is 2. The molecule has 1 rings (SSSR count). The van der Waals surface area contributed by atoms with Crippen molar-refractivity contribution in [2.24, 2.45) is 5.92 Å². The number of carbonyl (C=O) groups excluding carboxylic acids is 1. The van der Waals surface area contributed by atoms with Gasteiger partial charge >= 0.3 is 0 Å². The van der Waals surface area contributed by atoms with E-state index in [0.29, 0.717) is 11.7 Å². The highest BCUT2D eigenvalue weighted by atomic mass is 32.1. The second-order valence-electron chi connectivity index (χ2n) is 4.06. The summed E-state index contributed by atoms with van der Waals surface area (Å²) in [7, 11) is 0. The van der Waals surface area contributed by atoms with Crippen LogP contribution >= 0.6 is 12.2 Å². The molecule has 1 aromatic carbocycles. The second kappa shape index (κ2) is 6.96. The summed E-state index contributed by atoms with van der Waals surface area (Å²) < 4.78 is 5.38. The predicted molar refractivity (Wildman–Crippen MR) is 76.8 cm³/mol. The van der Waals surface area contributed by atoms with E-state index >= 15 is 0 Å².